The van der Waals surface area contributed by atoms with Crippen LogP contribution in [0.25, 0.3) is 0 Å². The van der Waals surface area contributed by atoms with Gasteiger partial charge in [-0.2, -0.15) is 0 Å². The fourth-order valence-electron chi connectivity index (χ4n) is 1.81. The van der Waals surface area contributed by atoms with Crippen LogP contribution < -0.4 is 11.5 Å². The van der Waals surface area contributed by atoms with Crippen LogP contribution in [0.15, 0.2) is 18.3 Å². The molecule has 0 saturated carbocycles. The van der Waals surface area contributed by atoms with Crippen molar-refractivity contribution in [2.24, 2.45) is 11.5 Å². The first-order chi connectivity index (χ1) is 8.65. The molecule has 1 aromatic heterocycles. The fraction of sp³-hybridized carbons (Fsp3) is 0.538. The number of amides is 1. The summed E-state index contributed by atoms with van der Waals surface area (Å²) in [6.45, 7) is 4.43. The Hall–Kier alpha value is -1.46. The predicted octanol–water partition coefficient (Wildman–Crippen LogP) is 0.628. The Labute approximate surface area is 108 Å². The van der Waals surface area contributed by atoms with Gasteiger partial charge in [0.25, 0.3) is 0 Å². The summed E-state index contributed by atoms with van der Waals surface area (Å²) in [5.41, 5.74) is 12.8. The molecule has 100 valence electrons. The number of rotatable bonds is 8. The predicted molar refractivity (Wildman–Crippen MR) is 71.5 cm³/mol. The second-order valence-electron chi connectivity index (χ2n) is 4.39. The minimum atomic E-state index is -0.292. The number of pyridine rings is 1. The number of hydrogen-bond acceptors (Lipinski definition) is 4. The molecular weight excluding hydrogens is 228 g/mol. The Balaban J connectivity index is 2.65. The number of aromatic nitrogens is 1. The van der Waals surface area contributed by atoms with Gasteiger partial charge in [-0.05, 0) is 30.7 Å². The molecule has 0 aliphatic carbocycles. The SMILES string of the molecule is CCCCN(CC(N)=O)Cc1ccnc(CN)c1. The Kier molecular flexibility index (Phi) is 6.32. The summed E-state index contributed by atoms with van der Waals surface area (Å²) in [7, 11) is 0. The molecular formula is C13H22N4O. The van der Waals surface area contributed by atoms with Crippen LogP contribution in [0.2, 0.25) is 0 Å². The quantitative estimate of drug-likeness (QED) is 0.708. The average Bonchev–Trinajstić information content (AvgIpc) is 2.35. The van der Waals surface area contributed by atoms with Gasteiger partial charge in [0.15, 0.2) is 0 Å². The van der Waals surface area contributed by atoms with E-state index in [4.69, 9.17) is 11.5 Å². The Morgan fingerprint density at radius 2 is 2.28 bits per heavy atom. The molecule has 0 radical (unpaired) electrons. The minimum absolute atomic E-state index is 0.292. The van der Waals surface area contributed by atoms with Crippen LogP contribution in [0.4, 0.5) is 0 Å². The summed E-state index contributed by atoms with van der Waals surface area (Å²) < 4.78 is 0. The van der Waals surface area contributed by atoms with E-state index in [2.05, 4.69) is 16.8 Å². The van der Waals surface area contributed by atoms with Crippen molar-refractivity contribution in [1.82, 2.24) is 9.88 Å². The molecule has 0 saturated heterocycles. The van der Waals surface area contributed by atoms with E-state index < -0.39 is 0 Å². The first-order valence-corrected chi connectivity index (χ1v) is 6.30. The molecule has 4 N–H and O–H groups in total. The second kappa shape index (κ2) is 7.79. The third kappa shape index (κ3) is 5.25. The third-order valence-corrected chi connectivity index (χ3v) is 2.70. The van der Waals surface area contributed by atoms with Gasteiger partial charge in [0, 0.05) is 19.3 Å². The molecule has 1 rings (SSSR count). The van der Waals surface area contributed by atoms with E-state index in [1.807, 2.05) is 12.1 Å². The van der Waals surface area contributed by atoms with Gasteiger partial charge in [-0.25, -0.2) is 0 Å². The lowest BCUT2D eigenvalue weighted by molar-refractivity contribution is -0.119. The van der Waals surface area contributed by atoms with E-state index in [1.165, 1.54) is 0 Å². The first kappa shape index (κ1) is 14.6. The summed E-state index contributed by atoms with van der Waals surface area (Å²) in [6, 6.07) is 3.92. The molecule has 1 aromatic rings. The largest absolute Gasteiger partial charge is 0.369 e. The summed E-state index contributed by atoms with van der Waals surface area (Å²) in [6.07, 6.45) is 3.90. The van der Waals surface area contributed by atoms with E-state index in [0.717, 1.165) is 30.6 Å². The molecule has 0 spiro atoms. The molecule has 5 nitrogen and oxygen atoms in total. The van der Waals surface area contributed by atoms with Crippen molar-refractivity contribution in [3.63, 3.8) is 0 Å². The third-order valence-electron chi connectivity index (χ3n) is 2.70. The van der Waals surface area contributed by atoms with Crippen LogP contribution in [0.1, 0.15) is 31.0 Å². The van der Waals surface area contributed by atoms with Gasteiger partial charge in [0.2, 0.25) is 5.91 Å². The van der Waals surface area contributed by atoms with Gasteiger partial charge in [-0.3, -0.25) is 14.7 Å². The Morgan fingerprint density at radius 1 is 1.50 bits per heavy atom. The zero-order valence-corrected chi connectivity index (χ0v) is 10.9. The van der Waals surface area contributed by atoms with E-state index in [1.54, 1.807) is 6.20 Å². The molecule has 1 heterocycles. The maximum absolute atomic E-state index is 11.0. The molecule has 0 aliphatic rings. The fourth-order valence-corrected chi connectivity index (χ4v) is 1.81. The lowest BCUT2D eigenvalue weighted by atomic mass is 10.2. The van der Waals surface area contributed by atoms with Gasteiger partial charge >= 0.3 is 0 Å². The van der Waals surface area contributed by atoms with Gasteiger partial charge < -0.3 is 11.5 Å². The van der Waals surface area contributed by atoms with Crippen molar-refractivity contribution in [2.75, 3.05) is 13.1 Å². The van der Waals surface area contributed by atoms with Crippen molar-refractivity contribution in [1.29, 1.82) is 0 Å². The highest BCUT2D eigenvalue weighted by molar-refractivity contribution is 5.75. The highest BCUT2D eigenvalue weighted by atomic mass is 16.1. The van der Waals surface area contributed by atoms with Gasteiger partial charge in [-0.1, -0.05) is 13.3 Å². The van der Waals surface area contributed by atoms with E-state index in [-0.39, 0.29) is 5.91 Å². The normalized spacial score (nSPS) is 10.8. The molecule has 5 heteroatoms. The molecule has 0 unspecified atom stereocenters. The number of nitrogens with zero attached hydrogens (tertiary/aromatic N) is 2. The summed E-state index contributed by atoms with van der Waals surface area (Å²) >= 11 is 0. The van der Waals surface area contributed by atoms with Crippen LogP contribution in [-0.4, -0.2) is 28.9 Å². The maximum Gasteiger partial charge on any atom is 0.231 e. The van der Waals surface area contributed by atoms with Crippen molar-refractivity contribution < 1.29 is 4.79 Å². The molecule has 0 aliphatic heterocycles. The number of unbranched alkanes of at least 4 members (excludes halogenated alkanes) is 1. The Bertz CT molecular complexity index is 381. The molecule has 0 fully saturated rings. The zero-order valence-electron chi connectivity index (χ0n) is 10.9. The second-order valence-corrected chi connectivity index (χ2v) is 4.39. The van der Waals surface area contributed by atoms with E-state index >= 15 is 0 Å². The lowest BCUT2D eigenvalue weighted by Gasteiger charge is -2.20. The van der Waals surface area contributed by atoms with Crippen LogP contribution in [0.5, 0.6) is 0 Å². The average molecular weight is 250 g/mol. The first-order valence-electron chi connectivity index (χ1n) is 6.30. The van der Waals surface area contributed by atoms with E-state index in [9.17, 15) is 4.79 Å². The molecule has 18 heavy (non-hydrogen) atoms. The van der Waals surface area contributed by atoms with Gasteiger partial charge in [-0.15, -0.1) is 0 Å². The highest BCUT2D eigenvalue weighted by Crippen LogP contribution is 2.07. The van der Waals surface area contributed by atoms with Crippen LogP contribution in [0, 0.1) is 0 Å². The van der Waals surface area contributed by atoms with Crippen molar-refractivity contribution in [2.45, 2.75) is 32.9 Å². The topological polar surface area (TPSA) is 85.2 Å². The molecule has 0 aromatic carbocycles. The van der Waals surface area contributed by atoms with Crippen LogP contribution >= 0.6 is 0 Å². The summed E-state index contributed by atoms with van der Waals surface area (Å²) in [5, 5.41) is 0. The molecule has 1 amide bonds. The van der Waals surface area contributed by atoms with Crippen LogP contribution in [0.3, 0.4) is 0 Å². The van der Waals surface area contributed by atoms with E-state index in [0.29, 0.717) is 19.6 Å². The number of hydrogen-bond donors (Lipinski definition) is 2. The number of nitrogens with two attached hydrogens (primary N) is 2. The van der Waals surface area contributed by atoms with Crippen molar-refractivity contribution >= 4 is 5.91 Å². The van der Waals surface area contributed by atoms with Crippen molar-refractivity contribution in [3.8, 4) is 0 Å². The number of carbonyl (C=O) groups excluding carboxylic acids is 1. The summed E-state index contributed by atoms with van der Waals surface area (Å²) in [4.78, 5) is 17.2. The molecule has 0 bridgehead atoms. The van der Waals surface area contributed by atoms with Crippen LogP contribution in [-0.2, 0) is 17.9 Å². The number of carbonyl (C=O) groups is 1. The summed E-state index contributed by atoms with van der Waals surface area (Å²) in [5.74, 6) is -0.292. The standard InChI is InChI=1S/C13H22N4O/c1-2-3-6-17(10-13(15)18)9-11-4-5-16-12(7-11)8-14/h4-5,7H,2-3,6,8-10,14H2,1H3,(H2,15,18). The monoisotopic (exact) mass is 250 g/mol. The molecule has 0 atom stereocenters. The minimum Gasteiger partial charge on any atom is -0.369 e. The zero-order chi connectivity index (χ0) is 13.4. The van der Waals surface area contributed by atoms with Gasteiger partial charge in [0.05, 0.1) is 12.2 Å². The van der Waals surface area contributed by atoms with Gasteiger partial charge in [0.1, 0.15) is 0 Å². The number of primary amides is 1. The van der Waals surface area contributed by atoms with Crippen molar-refractivity contribution in [3.05, 3.63) is 29.6 Å². The lowest BCUT2D eigenvalue weighted by Crippen LogP contribution is -2.34. The maximum atomic E-state index is 11.0. The smallest absolute Gasteiger partial charge is 0.231 e. The Morgan fingerprint density at radius 3 is 2.89 bits per heavy atom. The highest BCUT2D eigenvalue weighted by Gasteiger charge is 2.09.